The molecule has 0 fully saturated rings. The van der Waals surface area contributed by atoms with Gasteiger partial charge in [0.1, 0.15) is 5.75 Å². The van der Waals surface area contributed by atoms with Crippen molar-refractivity contribution in [2.75, 3.05) is 26.4 Å². The molecule has 90 valence electrons. The summed E-state index contributed by atoms with van der Waals surface area (Å²) in [5.41, 5.74) is 0.902. The monoisotopic (exact) mass is 225 g/mol. The summed E-state index contributed by atoms with van der Waals surface area (Å²) in [6.45, 7) is 2.62. The molecule has 0 aromatic heterocycles. The van der Waals surface area contributed by atoms with Gasteiger partial charge in [0, 0.05) is 18.7 Å². The molecule has 1 rings (SSSR count). The third-order valence-corrected chi connectivity index (χ3v) is 2.18. The first-order chi connectivity index (χ1) is 7.84. The minimum Gasteiger partial charge on any atom is -0.508 e. The lowest BCUT2D eigenvalue weighted by molar-refractivity contribution is 0.0907. The Bertz CT molecular complexity index is 291. The number of aromatic hydroxyl groups is 1. The van der Waals surface area contributed by atoms with Crippen molar-refractivity contribution in [3.8, 4) is 5.75 Å². The SMILES string of the molecule is OCCOCCCNCc1ccccc1O. The highest BCUT2D eigenvalue weighted by Crippen LogP contribution is 2.14. The topological polar surface area (TPSA) is 61.7 Å². The summed E-state index contributed by atoms with van der Waals surface area (Å²) in [5, 5.41) is 21.2. The average Bonchev–Trinajstić information content (AvgIpc) is 2.30. The number of nitrogens with one attached hydrogen (secondary N) is 1. The number of aliphatic hydroxyl groups excluding tert-OH is 1. The van der Waals surface area contributed by atoms with Crippen molar-refractivity contribution >= 4 is 0 Å². The van der Waals surface area contributed by atoms with E-state index in [0.717, 1.165) is 18.5 Å². The van der Waals surface area contributed by atoms with E-state index in [4.69, 9.17) is 9.84 Å². The van der Waals surface area contributed by atoms with Crippen LogP contribution in [0.2, 0.25) is 0 Å². The molecule has 0 spiro atoms. The zero-order valence-corrected chi connectivity index (χ0v) is 9.35. The Morgan fingerprint density at radius 2 is 2.00 bits per heavy atom. The molecule has 0 aliphatic heterocycles. The molecule has 0 amide bonds. The minimum absolute atomic E-state index is 0.0747. The summed E-state index contributed by atoms with van der Waals surface area (Å²) < 4.78 is 5.12. The Labute approximate surface area is 95.9 Å². The van der Waals surface area contributed by atoms with E-state index in [1.165, 1.54) is 0 Å². The second-order valence-corrected chi connectivity index (χ2v) is 3.50. The van der Waals surface area contributed by atoms with Gasteiger partial charge >= 0.3 is 0 Å². The Balaban J connectivity index is 2.05. The first kappa shape index (κ1) is 13.0. The van der Waals surface area contributed by atoms with Crippen LogP contribution in [0.3, 0.4) is 0 Å². The number of ether oxygens (including phenoxy) is 1. The second kappa shape index (κ2) is 8.10. The molecule has 0 bridgehead atoms. The van der Waals surface area contributed by atoms with Crippen molar-refractivity contribution in [3.63, 3.8) is 0 Å². The van der Waals surface area contributed by atoms with Crippen molar-refractivity contribution in [2.45, 2.75) is 13.0 Å². The number of benzene rings is 1. The number of rotatable bonds is 8. The fourth-order valence-corrected chi connectivity index (χ4v) is 1.35. The van der Waals surface area contributed by atoms with Crippen LogP contribution in [0.25, 0.3) is 0 Å². The number of phenols is 1. The lowest BCUT2D eigenvalue weighted by Gasteiger charge is -2.06. The predicted molar refractivity (Wildman–Crippen MR) is 62.3 cm³/mol. The van der Waals surface area contributed by atoms with E-state index in [1.54, 1.807) is 6.07 Å². The summed E-state index contributed by atoms with van der Waals surface area (Å²) >= 11 is 0. The van der Waals surface area contributed by atoms with E-state index in [2.05, 4.69) is 5.32 Å². The molecule has 0 saturated heterocycles. The van der Waals surface area contributed by atoms with E-state index in [-0.39, 0.29) is 6.61 Å². The molecule has 0 radical (unpaired) electrons. The van der Waals surface area contributed by atoms with Gasteiger partial charge in [0.05, 0.1) is 13.2 Å². The van der Waals surface area contributed by atoms with E-state index in [0.29, 0.717) is 25.5 Å². The van der Waals surface area contributed by atoms with E-state index >= 15 is 0 Å². The Kier molecular flexibility index (Phi) is 6.56. The van der Waals surface area contributed by atoms with Gasteiger partial charge in [0.15, 0.2) is 0 Å². The molecule has 0 unspecified atom stereocenters. The molecule has 0 aliphatic rings. The molecule has 0 aliphatic carbocycles. The molecular weight excluding hydrogens is 206 g/mol. The highest BCUT2D eigenvalue weighted by atomic mass is 16.5. The van der Waals surface area contributed by atoms with Crippen LogP contribution in [0.1, 0.15) is 12.0 Å². The number of aliphatic hydroxyl groups is 1. The van der Waals surface area contributed by atoms with Crippen molar-refractivity contribution in [3.05, 3.63) is 29.8 Å². The molecule has 0 saturated carbocycles. The molecule has 4 heteroatoms. The zero-order valence-electron chi connectivity index (χ0n) is 9.35. The Hall–Kier alpha value is -1.10. The number of phenolic OH excluding ortho intramolecular Hbond substituents is 1. The van der Waals surface area contributed by atoms with Crippen LogP contribution in [0.15, 0.2) is 24.3 Å². The summed E-state index contributed by atoms with van der Waals surface area (Å²) in [4.78, 5) is 0. The first-order valence-electron chi connectivity index (χ1n) is 5.51. The number of hydrogen-bond donors (Lipinski definition) is 3. The standard InChI is InChI=1S/C12H19NO3/c14-7-9-16-8-3-6-13-10-11-4-1-2-5-12(11)15/h1-2,4-5,13-15H,3,6-10H2. The van der Waals surface area contributed by atoms with E-state index in [9.17, 15) is 5.11 Å². The maximum absolute atomic E-state index is 9.49. The molecule has 0 atom stereocenters. The smallest absolute Gasteiger partial charge is 0.120 e. The van der Waals surface area contributed by atoms with Gasteiger partial charge < -0.3 is 20.3 Å². The van der Waals surface area contributed by atoms with E-state index in [1.807, 2.05) is 18.2 Å². The second-order valence-electron chi connectivity index (χ2n) is 3.50. The van der Waals surface area contributed by atoms with Gasteiger partial charge in [-0.15, -0.1) is 0 Å². The summed E-state index contributed by atoms with van der Waals surface area (Å²) in [6, 6.07) is 7.29. The Morgan fingerprint density at radius 3 is 2.75 bits per heavy atom. The van der Waals surface area contributed by atoms with Crippen LogP contribution >= 0.6 is 0 Å². The molecule has 0 heterocycles. The van der Waals surface area contributed by atoms with Gasteiger partial charge in [-0.25, -0.2) is 0 Å². The van der Waals surface area contributed by atoms with Gasteiger partial charge in [-0.05, 0) is 19.0 Å². The molecule has 1 aromatic carbocycles. The highest BCUT2D eigenvalue weighted by Gasteiger charge is 1.97. The Morgan fingerprint density at radius 1 is 1.19 bits per heavy atom. The quantitative estimate of drug-likeness (QED) is 0.575. The maximum atomic E-state index is 9.49. The van der Waals surface area contributed by atoms with Crippen LogP contribution in [-0.2, 0) is 11.3 Å². The van der Waals surface area contributed by atoms with Crippen LogP contribution in [0.5, 0.6) is 5.75 Å². The third kappa shape index (κ3) is 5.11. The molecule has 1 aromatic rings. The minimum atomic E-state index is 0.0747. The van der Waals surface area contributed by atoms with Gasteiger partial charge in [-0.2, -0.15) is 0 Å². The first-order valence-corrected chi connectivity index (χ1v) is 5.51. The number of hydrogen-bond acceptors (Lipinski definition) is 4. The fraction of sp³-hybridized carbons (Fsp3) is 0.500. The fourth-order valence-electron chi connectivity index (χ4n) is 1.35. The van der Waals surface area contributed by atoms with Crippen molar-refractivity contribution in [1.29, 1.82) is 0 Å². The predicted octanol–water partition coefficient (Wildman–Crippen LogP) is 0.881. The molecular formula is C12H19NO3. The lowest BCUT2D eigenvalue weighted by Crippen LogP contribution is -2.16. The van der Waals surface area contributed by atoms with Crippen LogP contribution < -0.4 is 5.32 Å². The van der Waals surface area contributed by atoms with Crippen molar-refractivity contribution in [2.24, 2.45) is 0 Å². The average molecular weight is 225 g/mol. The van der Waals surface area contributed by atoms with Gasteiger partial charge in [-0.3, -0.25) is 0 Å². The maximum Gasteiger partial charge on any atom is 0.120 e. The van der Waals surface area contributed by atoms with Gasteiger partial charge in [-0.1, -0.05) is 18.2 Å². The third-order valence-electron chi connectivity index (χ3n) is 2.18. The van der Waals surface area contributed by atoms with E-state index < -0.39 is 0 Å². The molecule has 4 nitrogen and oxygen atoms in total. The largest absolute Gasteiger partial charge is 0.508 e. The van der Waals surface area contributed by atoms with Crippen molar-refractivity contribution in [1.82, 2.24) is 5.32 Å². The van der Waals surface area contributed by atoms with Gasteiger partial charge in [0.2, 0.25) is 0 Å². The summed E-state index contributed by atoms with van der Waals surface area (Å²) in [7, 11) is 0. The molecule has 16 heavy (non-hydrogen) atoms. The zero-order chi connectivity index (χ0) is 11.6. The highest BCUT2D eigenvalue weighted by molar-refractivity contribution is 5.31. The van der Waals surface area contributed by atoms with Crippen molar-refractivity contribution < 1.29 is 14.9 Å². The normalized spacial score (nSPS) is 10.6. The van der Waals surface area contributed by atoms with Gasteiger partial charge in [0.25, 0.3) is 0 Å². The molecule has 3 N–H and O–H groups in total. The van der Waals surface area contributed by atoms with Crippen LogP contribution in [0, 0.1) is 0 Å². The number of para-hydroxylation sites is 1. The summed E-state index contributed by atoms with van der Waals surface area (Å²) in [5.74, 6) is 0.325. The summed E-state index contributed by atoms with van der Waals surface area (Å²) in [6.07, 6.45) is 0.896. The lowest BCUT2D eigenvalue weighted by atomic mass is 10.2. The van der Waals surface area contributed by atoms with Crippen LogP contribution in [-0.4, -0.2) is 36.6 Å². The van der Waals surface area contributed by atoms with Crippen LogP contribution in [0.4, 0.5) is 0 Å².